The van der Waals surface area contributed by atoms with Crippen molar-refractivity contribution in [2.45, 2.75) is 31.7 Å². The van der Waals surface area contributed by atoms with Gasteiger partial charge < -0.3 is 5.11 Å². The van der Waals surface area contributed by atoms with Crippen molar-refractivity contribution in [3.63, 3.8) is 0 Å². The molecule has 1 heterocycles. The Hall–Kier alpha value is -1.60. The predicted molar refractivity (Wildman–Crippen MR) is 66.5 cm³/mol. The molecule has 1 fully saturated rings. The number of likely N-dealkylation sites (tertiary alicyclic amines) is 1. The van der Waals surface area contributed by atoms with Gasteiger partial charge in [-0.15, -0.1) is 0 Å². The van der Waals surface area contributed by atoms with Crippen LogP contribution in [0.4, 0.5) is 4.39 Å². The summed E-state index contributed by atoms with van der Waals surface area (Å²) < 4.78 is 13.3. The lowest BCUT2D eigenvalue weighted by Crippen LogP contribution is -2.28. The monoisotopic (exact) mass is 248 g/mol. The quantitative estimate of drug-likeness (QED) is 0.875. The molecule has 4 heteroatoms. The molecular weight excluding hydrogens is 231 g/mol. The molecule has 0 amide bonds. The van der Waals surface area contributed by atoms with Crippen molar-refractivity contribution in [2.24, 2.45) is 0 Å². The largest absolute Gasteiger partial charge is 0.505 e. The van der Waals surface area contributed by atoms with Gasteiger partial charge in [-0.2, -0.15) is 5.26 Å². The fourth-order valence-electron chi connectivity index (χ4n) is 2.41. The Labute approximate surface area is 106 Å². The smallest absolute Gasteiger partial charge is 0.165 e. The Morgan fingerprint density at radius 1 is 1.22 bits per heavy atom. The molecular formula is C14H17FN2O. The van der Waals surface area contributed by atoms with Crippen LogP contribution in [0.25, 0.3) is 0 Å². The molecule has 1 saturated heterocycles. The zero-order valence-corrected chi connectivity index (χ0v) is 10.3. The molecule has 1 aromatic rings. The van der Waals surface area contributed by atoms with Gasteiger partial charge in [0, 0.05) is 0 Å². The van der Waals surface area contributed by atoms with Gasteiger partial charge in [0.05, 0.1) is 6.07 Å². The Kier molecular flexibility index (Phi) is 4.16. The number of aromatic hydroxyl groups is 1. The van der Waals surface area contributed by atoms with E-state index in [4.69, 9.17) is 0 Å². The van der Waals surface area contributed by atoms with Crippen LogP contribution in [0.2, 0.25) is 0 Å². The Morgan fingerprint density at radius 3 is 2.44 bits per heavy atom. The molecule has 0 saturated carbocycles. The second kappa shape index (κ2) is 5.83. The van der Waals surface area contributed by atoms with Crippen LogP contribution < -0.4 is 0 Å². The molecule has 0 aromatic heterocycles. The van der Waals surface area contributed by atoms with Crippen LogP contribution in [-0.4, -0.2) is 23.1 Å². The van der Waals surface area contributed by atoms with Gasteiger partial charge in [-0.1, -0.05) is 18.9 Å². The molecule has 1 atom stereocenters. The first-order chi connectivity index (χ1) is 8.72. The highest BCUT2D eigenvalue weighted by Crippen LogP contribution is 2.26. The summed E-state index contributed by atoms with van der Waals surface area (Å²) in [6.07, 6.45) is 4.55. The van der Waals surface area contributed by atoms with Gasteiger partial charge in [0.1, 0.15) is 6.04 Å². The summed E-state index contributed by atoms with van der Waals surface area (Å²) in [4.78, 5) is 2.10. The van der Waals surface area contributed by atoms with E-state index in [0.717, 1.165) is 25.9 Å². The molecule has 1 unspecified atom stereocenters. The second-order valence-electron chi connectivity index (χ2n) is 4.69. The van der Waals surface area contributed by atoms with Gasteiger partial charge in [-0.05, 0) is 43.6 Å². The van der Waals surface area contributed by atoms with E-state index < -0.39 is 11.9 Å². The standard InChI is InChI=1S/C14H17FN2O/c15-12-9-11(5-6-14(12)18)13(10-16)17-7-3-1-2-4-8-17/h5-6,9,13,18H,1-4,7-8H2. The zero-order valence-electron chi connectivity index (χ0n) is 10.3. The van der Waals surface area contributed by atoms with Crippen molar-refractivity contribution in [1.82, 2.24) is 4.90 Å². The molecule has 0 aliphatic carbocycles. The van der Waals surface area contributed by atoms with E-state index in [1.807, 2.05) is 0 Å². The number of hydrogen-bond donors (Lipinski definition) is 1. The van der Waals surface area contributed by atoms with Crippen molar-refractivity contribution in [2.75, 3.05) is 13.1 Å². The van der Waals surface area contributed by atoms with Crippen molar-refractivity contribution in [1.29, 1.82) is 5.26 Å². The van der Waals surface area contributed by atoms with E-state index in [9.17, 15) is 14.8 Å². The maximum atomic E-state index is 13.3. The first-order valence-corrected chi connectivity index (χ1v) is 6.34. The average molecular weight is 248 g/mol. The van der Waals surface area contributed by atoms with Crippen molar-refractivity contribution < 1.29 is 9.50 Å². The Bertz CT molecular complexity index is 448. The maximum absolute atomic E-state index is 13.3. The zero-order chi connectivity index (χ0) is 13.0. The number of nitrogens with zero attached hydrogens (tertiary/aromatic N) is 2. The van der Waals surface area contributed by atoms with E-state index in [-0.39, 0.29) is 5.75 Å². The third-order valence-electron chi connectivity index (χ3n) is 3.42. The van der Waals surface area contributed by atoms with Crippen LogP contribution in [-0.2, 0) is 0 Å². The van der Waals surface area contributed by atoms with Crippen LogP contribution in [0.5, 0.6) is 5.75 Å². The molecule has 1 aliphatic heterocycles. The second-order valence-corrected chi connectivity index (χ2v) is 4.69. The van der Waals surface area contributed by atoms with Crippen molar-refractivity contribution >= 4 is 0 Å². The van der Waals surface area contributed by atoms with E-state index in [0.29, 0.717) is 5.56 Å². The summed E-state index contributed by atoms with van der Waals surface area (Å²) in [6.45, 7) is 1.75. The van der Waals surface area contributed by atoms with E-state index >= 15 is 0 Å². The van der Waals surface area contributed by atoms with Crippen LogP contribution in [0.3, 0.4) is 0 Å². The first kappa shape index (κ1) is 12.8. The summed E-state index contributed by atoms with van der Waals surface area (Å²) in [5.41, 5.74) is 0.620. The number of rotatable bonds is 2. The predicted octanol–water partition coefficient (Wildman–Crippen LogP) is 2.97. The van der Waals surface area contributed by atoms with Crippen molar-refractivity contribution in [3.8, 4) is 11.8 Å². The van der Waals surface area contributed by atoms with Crippen LogP contribution in [0.1, 0.15) is 37.3 Å². The number of nitriles is 1. The maximum Gasteiger partial charge on any atom is 0.165 e. The van der Waals surface area contributed by atoms with Crippen LogP contribution in [0, 0.1) is 17.1 Å². The molecule has 18 heavy (non-hydrogen) atoms. The fraction of sp³-hybridized carbons (Fsp3) is 0.500. The average Bonchev–Trinajstić information content (AvgIpc) is 2.64. The molecule has 2 rings (SSSR count). The molecule has 1 aromatic carbocycles. The molecule has 3 nitrogen and oxygen atoms in total. The van der Waals surface area contributed by atoms with Gasteiger partial charge in [0.25, 0.3) is 0 Å². The number of phenolic OH excluding ortho intramolecular Hbond substituents is 1. The van der Waals surface area contributed by atoms with Gasteiger partial charge in [-0.25, -0.2) is 4.39 Å². The molecule has 0 spiro atoms. The highest BCUT2D eigenvalue weighted by atomic mass is 19.1. The minimum absolute atomic E-state index is 0.369. The van der Waals surface area contributed by atoms with E-state index in [2.05, 4.69) is 11.0 Å². The highest BCUT2D eigenvalue weighted by molar-refractivity contribution is 5.32. The fourth-order valence-corrected chi connectivity index (χ4v) is 2.41. The number of benzene rings is 1. The number of halogens is 1. The molecule has 0 radical (unpaired) electrons. The van der Waals surface area contributed by atoms with Gasteiger partial charge in [0.15, 0.2) is 11.6 Å². The minimum atomic E-state index is -0.664. The summed E-state index contributed by atoms with van der Waals surface area (Å²) in [5, 5.41) is 18.5. The van der Waals surface area contributed by atoms with E-state index in [1.54, 1.807) is 6.07 Å². The molecule has 0 bridgehead atoms. The SMILES string of the molecule is N#CC(c1ccc(O)c(F)c1)N1CCCCCC1. The first-order valence-electron chi connectivity index (χ1n) is 6.34. The summed E-state index contributed by atoms with van der Waals surface area (Å²) in [7, 11) is 0. The van der Waals surface area contributed by atoms with Gasteiger partial charge in [-0.3, -0.25) is 4.90 Å². The topological polar surface area (TPSA) is 47.3 Å². The highest BCUT2D eigenvalue weighted by Gasteiger charge is 2.21. The number of phenols is 1. The molecule has 1 N–H and O–H groups in total. The summed E-state index contributed by atoms with van der Waals surface area (Å²) >= 11 is 0. The summed E-state index contributed by atoms with van der Waals surface area (Å²) in [5.74, 6) is -1.03. The van der Waals surface area contributed by atoms with Gasteiger partial charge in [0.2, 0.25) is 0 Å². The lowest BCUT2D eigenvalue weighted by molar-refractivity contribution is 0.245. The lowest BCUT2D eigenvalue weighted by atomic mass is 10.1. The normalized spacial score (nSPS) is 18.9. The van der Waals surface area contributed by atoms with Crippen molar-refractivity contribution in [3.05, 3.63) is 29.6 Å². The third kappa shape index (κ3) is 2.80. The van der Waals surface area contributed by atoms with Gasteiger partial charge >= 0.3 is 0 Å². The van der Waals surface area contributed by atoms with Crippen LogP contribution in [0.15, 0.2) is 18.2 Å². The minimum Gasteiger partial charge on any atom is -0.505 e. The Balaban J connectivity index is 2.21. The molecule has 1 aliphatic rings. The summed E-state index contributed by atoms with van der Waals surface area (Å²) in [6, 6.07) is 6.01. The lowest BCUT2D eigenvalue weighted by Gasteiger charge is -2.25. The third-order valence-corrected chi connectivity index (χ3v) is 3.42. The van der Waals surface area contributed by atoms with Crippen LogP contribution >= 0.6 is 0 Å². The number of hydrogen-bond acceptors (Lipinski definition) is 3. The molecule has 96 valence electrons. The Morgan fingerprint density at radius 2 is 1.89 bits per heavy atom. The van der Waals surface area contributed by atoms with E-state index in [1.165, 1.54) is 25.0 Å².